The van der Waals surface area contributed by atoms with Crippen molar-refractivity contribution in [3.8, 4) is 0 Å². The minimum atomic E-state index is -3.37. The number of aryl methyl sites for hydroxylation is 1. The van der Waals surface area contributed by atoms with Crippen molar-refractivity contribution >= 4 is 37.8 Å². The summed E-state index contributed by atoms with van der Waals surface area (Å²) in [5.74, 6) is 0. The van der Waals surface area contributed by atoms with Crippen molar-refractivity contribution in [2.75, 3.05) is 18.4 Å². The number of aromatic nitrogens is 2. The number of hydrogen-bond donors (Lipinski definition) is 2. The zero-order valence-corrected chi connectivity index (χ0v) is 12.0. The Morgan fingerprint density at radius 3 is 2.78 bits per heavy atom. The highest BCUT2D eigenvalue weighted by Gasteiger charge is 2.13. The van der Waals surface area contributed by atoms with Crippen molar-refractivity contribution in [1.82, 2.24) is 14.9 Å². The monoisotopic (exact) mass is 304 g/mol. The van der Waals surface area contributed by atoms with Crippen LogP contribution in [-0.2, 0) is 10.0 Å². The minimum Gasteiger partial charge on any atom is -0.359 e. The second kappa shape index (κ2) is 5.74. The van der Waals surface area contributed by atoms with E-state index in [0.29, 0.717) is 22.4 Å². The minimum absolute atomic E-state index is 0.304. The van der Waals surface area contributed by atoms with Gasteiger partial charge in [-0.2, -0.15) is 0 Å². The lowest BCUT2D eigenvalue weighted by atomic mass is 10.7. The standard InChI is InChI=1S/C9H12N4O2S3/c1-7-12-13-9(17-7)10-4-5-11-18(14,15)8-3-2-6-16-8/h2-3,6,11H,4-5H2,1H3,(H,10,13). The summed E-state index contributed by atoms with van der Waals surface area (Å²) < 4.78 is 26.4. The van der Waals surface area contributed by atoms with Crippen LogP contribution in [0.5, 0.6) is 0 Å². The molecule has 0 aliphatic rings. The zero-order valence-electron chi connectivity index (χ0n) is 9.58. The molecule has 18 heavy (non-hydrogen) atoms. The largest absolute Gasteiger partial charge is 0.359 e. The summed E-state index contributed by atoms with van der Waals surface area (Å²) in [5, 5.41) is 14.0. The smallest absolute Gasteiger partial charge is 0.250 e. The van der Waals surface area contributed by atoms with Crippen LogP contribution in [0.2, 0.25) is 0 Å². The van der Waals surface area contributed by atoms with E-state index in [0.717, 1.165) is 5.01 Å². The first kappa shape index (κ1) is 13.4. The summed E-state index contributed by atoms with van der Waals surface area (Å²) in [4.78, 5) is 0. The fourth-order valence-electron chi connectivity index (χ4n) is 1.21. The van der Waals surface area contributed by atoms with Crippen molar-refractivity contribution in [2.45, 2.75) is 11.1 Å². The summed E-state index contributed by atoms with van der Waals surface area (Å²) in [7, 11) is -3.37. The van der Waals surface area contributed by atoms with Gasteiger partial charge >= 0.3 is 0 Å². The van der Waals surface area contributed by atoms with Crippen molar-refractivity contribution in [3.05, 3.63) is 22.5 Å². The van der Waals surface area contributed by atoms with Crippen LogP contribution in [0, 0.1) is 6.92 Å². The van der Waals surface area contributed by atoms with Crippen molar-refractivity contribution in [1.29, 1.82) is 0 Å². The van der Waals surface area contributed by atoms with Gasteiger partial charge < -0.3 is 5.32 Å². The fraction of sp³-hybridized carbons (Fsp3) is 0.333. The SMILES string of the molecule is Cc1nnc(NCCNS(=O)(=O)c2cccs2)s1. The van der Waals surface area contributed by atoms with Gasteiger partial charge in [0.25, 0.3) is 0 Å². The van der Waals surface area contributed by atoms with E-state index in [1.807, 2.05) is 6.92 Å². The predicted octanol–water partition coefficient (Wildman–Crippen LogP) is 1.30. The molecule has 6 nitrogen and oxygen atoms in total. The molecule has 2 N–H and O–H groups in total. The molecule has 0 bridgehead atoms. The molecule has 0 aliphatic carbocycles. The van der Waals surface area contributed by atoms with Gasteiger partial charge in [0.2, 0.25) is 15.2 Å². The predicted molar refractivity (Wildman–Crippen MR) is 72.6 cm³/mol. The van der Waals surface area contributed by atoms with Crippen LogP contribution in [-0.4, -0.2) is 31.7 Å². The van der Waals surface area contributed by atoms with E-state index in [2.05, 4.69) is 20.2 Å². The molecule has 0 unspecified atom stereocenters. The maximum absolute atomic E-state index is 11.8. The maximum atomic E-state index is 11.8. The Bertz CT molecular complexity index is 591. The molecule has 98 valence electrons. The Balaban J connectivity index is 1.79. The highest BCUT2D eigenvalue weighted by atomic mass is 32.2. The van der Waals surface area contributed by atoms with Crippen LogP contribution >= 0.6 is 22.7 Å². The van der Waals surface area contributed by atoms with Crippen molar-refractivity contribution < 1.29 is 8.42 Å². The summed E-state index contributed by atoms with van der Waals surface area (Å²) >= 11 is 2.63. The van der Waals surface area contributed by atoms with Crippen molar-refractivity contribution in [2.24, 2.45) is 0 Å². The molecule has 0 aromatic carbocycles. The Labute approximate surface area is 113 Å². The third-order valence-electron chi connectivity index (χ3n) is 1.98. The second-order valence-electron chi connectivity index (χ2n) is 3.38. The van der Waals surface area contributed by atoms with Gasteiger partial charge in [-0.05, 0) is 18.4 Å². The molecule has 0 fully saturated rings. The molecule has 0 amide bonds. The Kier molecular flexibility index (Phi) is 4.27. The molecule has 2 aromatic heterocycles. The van der Waals surface area contributed by atoms with Crippen LogP contribution in [0.4, 0.5) is 5.13 Å². The lowest BCUT2D eigenvalue weighted by molar-refractivity contribution is 0.585. The van der Waals surface area contributed by atoms with Crippen LogP contribution in [0.1, 0.15) is 5.01 Å². The fourth-order valence-corrected chi connectivity index (χ4v) is 3.90. The first-order valence-corrected chi connectivity index (χ1v) is 8.33. The van der Waals surface area contributed by atoms with Gasteiger partial charge in [0.15, 0.2) is 0 Å². The Hall–Kier alpha value is -1.03. The average molecular weight is 304 g/mol. The number of nitrogens with one attached hydrogen (secondary N) is 2. The Morgan fingerprint density at radius 2 is 2.17 bits per heavy atom. The highest BCUT2D eigenvalue weighted by molar-refractivity contribution is 7.91. The topological polar surface area (TPSA) is 84.0 Å². The summed E-state index contributed by atoms with van der Waals surface area (Å²) in [6, 6.07) is 3.29. The molecule has 0 aliphatic heterocycles. The quantitative estimate of drug-likeness (QED) is 0.786. The third-order valence-corrected chi connectivity index (χ3v) is 5.63. The molecule has 0 radical (unpaired) electrons. The maximum Gasteiger partial charge on any atom is 0.250 e. The van der Waals surface area contributed by atoms with E-state index in [9.17, 15) is 8.42 Å². The van der Waals surface area contributed by atoms with E-state index >= 15 is 0 Å². The zero-order chi connectivity index (χ0) is 13.0. The molecular formula is C9H12N4O2S3. The summed E-state index contributed by atoms with van der Waals surface area (Å²) in [6.07, 6.45) is 0. The molecule has 2 aromatic rings. The third kappa shape index (κ3) is 3.48. The average Bonchev–Trinajstić information content (AvgIpc) is 2.95. The van der Waals surface area contributed by atoms with Crippen molar-refractivity contribution in [3.63, 3.8) is 0 Å². The van der Waals surface area contributed by atoms with Crippen LogP contribution in [0.25, 0.3) is 0 Å². The van der Waals surface area contributed by atoms with Gasteiger partial charge in [0, 0.05) is 13.1 Å². The highest BCUT2D eigenvalue weighted by Crippen LogP contribution is 2.15. The van der Waals surface area contributed by atoms with Gasteiger partial charge in [-0.1, -0.05) is 17.4 Å². The van der Waals surface area contributed by atoms with Crippen LogP contribution in [0.15, 0.2) is 21.7 Å². The van der Waals surface area contributed by atoms with E-state index in [-0.39, 0.29) is 0 Å². The normalized spacial score (nSPS) is 11.6. The first-order valence-electron chi connectivity index (χ1n) is 5.15. The van der Waals surface area contributed by atoms with Gasteiger partial charge in [-0.15, -0.1) is 21.5 Å². The molecule has 2 heterocycles. The number of anilines is 1. The second-order valence-corrected chi connectivity index (χ2v) is 7.51. The number of rotatable bonds is 6. The lowest BCUT2D eigenvalue weighted by Gasteiger charge is -2.04. The molecule has 0 atom stereocenters. The molecular weight excluding hydrogens is 292 g/mol. The molecule has 0 saturated carbocycles. The number of sulfonamides is 1. The summed E-state index contributed by atoms with van der Waals surface area (Å²) in [6.45, 7) is 2.64. The van der Waals surface area contributed by atoms with E-state index < -0.39 is 10.0 Å². The van der Waals surface area contributed by atoms with Crippen LogP contribution in [0.3, 0.4) is 0 Å². The van der Waals surface area contributed by atoms with Gasteiger partial charge in [-0.25, -0.2) is 13.1 Å². The van der Waals surface area contributed by atoms with E-state index in [1.165, 1.54) is 22.7 Å². The Morgan fingerprint density at radius 1 is 1.33 bits per heavy atom. The van der Waals surface area contributed by atoms with Gasteiger partial charge in [0.1, 0.15) is 9.22 Å². The number of hydrogen-bond acceptors (Lipinski definition) is 7. The molecule has 2 rings (SSSR count). The molecule has 9 heteroatoms. The molecule has 0 saturated heterocycles. The lowest BCUT2D eigenvalue weighted by Crippen LogP contribution is -2.28. The van der Waals surface area contributed by atoms with Gasteiger partial charge in [0.05, 0.1) is 0 Å². The van der Waals surface area contributed by atoms with Crippen LogP contribution < -0.4 is 10.0 Å². The van der Waals surface area contributed by atoms with E-state index in [1.54, 1.807) is 17.5 Å². The van der Waals surface area contributed by atoms with E-state index in [4.69, 9.17) is 0 Å². The van der Waals surface area contributed by atoms with Gasteiger partial charge in [-0.3, -0.25) is 0 Å². The number of nitrogens with zero attached hydrogens (tertiary/aromatic N) is 2. The summed E-state index contributed by atoms with van der Waals surface area (Å²) in [5.41, 5.74) is 0. The molecule has 0 spiro atoms. The first-order chi connectivity index (χ1) is 8.58. The number of thiophene rings is 1.